The van der Waals surface area contributed by atoms with Gasteiger partial charge in [0.15, 0.2) is 0 Å². The number of aryl methyl sites for hydroxylation is 1. The maximum absolute atomic E-state index is 13.4. The number of hydrogen-bond acceptors (Lipinski definition) is 15. The third kappa shape index (κ3) is 16.9. The first-order chi connectivity index (χ1) is 45.3. The van der Waals surface area contributed by atoms with E-state index in [1.165, 1.54) is 9.80 Å². The Balaban J connectivity index is 0.000000209. The standard InChI is InChI=1S/C39H45N5O7.C34H39N3O7/c1-39(2,3)51-38(48)44-23-30-19-33(50-24-31-14-16-41-42(31)4)13-10-26(30)20-34(44)35(45)21-40-36(46)28-6-7-29-22-43(17-15-27(29)18-28)37(47)25-8-11-32(49-5)12-9-25;1-34(2,3)44-33(42)37-20-26-16-27(38)10-7-22(26)17-29(37)30(39)18-35-31(40)24-5-6-25-19-36(14-13-23(25)15-24)32(41)21-8-11-28(43-4)12-9-21/h6-14,16,18-19,34-35,45H,15,17,20-24H2,1-5H3,(H,40,46);5-12,15-16,29-30,38-39H,13-14,17-20H2,1-4H3,(H,35,40)/t34-,35+;29-,30+/m00/s1. The molecule has 5 heterocycles. The molecule has 4 atom stereocenters. The quantitative estimate of drug-likeness (QED) is 0.0643. The molecule has 6 amide bonds. The summed E-state index contributed by atoms with van der Waals surface area (Å²) in [5, 5.41) is 42.5. The van der Waals surface area contributed by atoms with Gasteiger partial charge in [-0.3, -0.25) is 33.7 Å². The molecule has 5 N–H and O–H groups in total. The lowest BCUT2D eigenvalue weighted by molar-refractivity contribution is -0.0118. The van der Waals surface area contributed by atoms with Gasteiger partial charge in [-0.2, -0.15) is 5.10 Å². The smallest absolute Gasteiger partial charge is 0.410 e. The lowest BCUT2D eigenvalue weighted by Gasteiger charge is -2.40. The summed E-state index contributed by atoms with van der Waals surface area (Å²) in [4.78, 5) is 85.7. The number of carbonyl (C=O) groups excluding carboxylic acids is 6. The average molecular weight is 1300 g/mol. The number of rotatable bonds is 15. The average Bonchev–Trinajstić information content (AvgIpc) is 0.940. The number of methoxy groups -OCH3 is 2. The van der Waals surface area contributed by atoms with Crippen LogP contribution < -0.4 is 24.8 Å². The van der Waals surface area contributed by atoms with Crippen molar-refractivity contribution in [2.24, 2.45) is 7.05 Å². The number of phenols is 1. The first kappa shape index (κ1) is 67.9. The van der Waals surface area contributed by atoms with Crippen molar-refractivity contribution in [1.29, 1.82) is 0 Å². The second-order valence-corrected chi connectivity index (χ2v) is 26.3. The summed E-state index contributed by atoms with van der Waals surface area (Å²) in [6.45, 7) is 13.3. The molecule has 22 heteroatoms. The molecule has 0 unspecified atom stereocenters. The van der Waals surface area contributed by atoms with Crippen molar-refractivity contribution in [1.82, 2.24) is 40.0 Å². The lowest BCUT2D eigenvalue weighted by atomic mass is 9.91. The molecule has 0 saturated carbocycles. The van der Waals surface area contributed by atoms with E-state index in [2.05, 4.69) is 15.7 Å². The fourth-order valence-electron chi connectivity index (χ4n) is 12.1. The minimum Gasteiger partial charge on any atom is -0.508 e. The van der Waals surface area contributed by atoms with E-state index in [4.69, 9.17) is 23.7 Å². The van der Waals surface area contributed by atoms with Crippen molar-refractivity contribution >= 4 is 35.8 Å². The number of nitrogens with zero attached hydrogens (tertiary/aromatic N) is 6. The molecule has 500 valence electrons. The number of aromatic hydroxyl groups is 1. The summed E-state index contributed by atoms with van der Waals surface area (Å²) in [7, 11) is 5.02. The molecule has 7 aromatic rings. The first-order valence-electron chi connectivity index (χ1n) is 31.8. The molecule has 0 bridgehead atoms. The van der Waals surface area contributed by atoms with Gasteiger partial charge in [0.05, 0.1) is 44.2 Å². The van der Waals surface area contributed by atoms with Gasteiger partial charge in [-0.05, 0) is 215 Å². The van der Waals surface area contributed by atoms with Crippen molar-refractivity contribution in [2.75, 3.05) is 40.4 Å². The minimum atomic E-state index is -1.07. The van der Waals surface area contributed by atoms with E-state index in [1.807, 2.05) is 55.6 Å². The monoisotopic (exact) mass is 1300 g/mol. The largest absolute Gasteiger partial charge is 0.508 e. The van der Waals surface area contributed by atoms with Gasteiger partial charge in [0, 0.05) is 87.9 Å². The Bertz CT molecular complexity index is 3950. The molecule has 6 aromatic carbocycles. The van der Waals surface area contributed by atoms with Crippen LogP contribution in [0.3, 0.4) is 0 Å². The van der Waals surface area contributed by atoms with Gasteiger partial charge >= 0.3 is 12.2 Å². The summed E-state index contributed by atoms with van der Waals surface area (Å²) < 4.78 is 29.5. The van der Waals surface area contributed by atoms with E-state index in [1.54, 1.807) is 155 Å². The number of ether oxygens (including phenoxy) is 5. The van der Waals surface area contributed by atoms with Crippen LogP contribution in [0.15, 0.2) is 134 Å². The molecule has 22 nitrogen and oxygen atoms in total. The number of hydrogen-bond donors (Lipinski definition) is 5. The van der Waals surface area contributed by atoms with Crippen molar-refractivity contribution in [3.8, 4) is 23.0 Å². The van der Waals surface area contributed by atoms with Gasteiger partial charge in [0.25, 0.3) is 23.6 Å². The Morgan fingerprint density at radius 1 is 0.516 bits per heavy atom. The van der Waals surface area contributed by atoms with E-state index in [9.17, 15) is 44.1 Å². The number of phenolic OH excluding ortho intramolecular Hbond substituents is 1. The zero-order chi connectivity index (χ0) is 67.9. The Morgan fingerprint density at radius 3 is 1.37 bits per heavy atom. The fourth-order valence-corrected chi connectivity index (χ4v) is 12.1. The van der Waals surface area contributed by atoms with Crippen LogP contribution in [0, 0.1) is 0 Å². The van der Waals surface area contributed by atoms with Crippen LogP contribution >= 0.6 is 0 Å². The van der Waals surface area contributed by atoms with Crippen molar-refractivity contribution in [3.63, 3.8) is 0 Å². The van der Waals surface area contributed by atoms with Crippen molar-refractivity contribution in [3.05, 3.63) is 206 Å². The van der Waals surface area contributed by atoms with E-state index in [0.717, 1.165) is 50.2 Å². The molecule has 1 aromatic heterocycles. The molecular formula is C73H84N8O14. The van der Waals surface area contributed by atoms with Crippen LogP contribution in [0.5, 0.6) is 23.0 Å². The molecule has 95 heavy (non-hydrogen) atoms. The van der Waals surface area contributed by atoms with Crippen LogP contribution in [0.2, 0.25) is 0 Å². The fraction of sp³-hybridized carbons (Fsp3) is 0.384. The van der Waals surface area contributed by atoms with E-state index in [0.29, 0.717) is 98.0 Å². The van der Waals surface area contributed by atoms with Crippen LogP contribution in [0.4, 0.5) is 9.59 Å². The van der Waals surface area contributed by atoms with Gasteiger partial charge in [0.2, 0.25) is 0 Å². The van der Waals surface area contributed by atoms with Crippen molar-refractivity contribution < 1.29 is 67.8 Å². The summed E-state index contributed by atoms with van der Waals surface area (Å²) >= 11 is 0. The number of aromatic nitrogens is 2. The second kappa shape index (κ2) is 29.2. The minimum absolute atomic E-state index is 0.0561. The van der Waals surface area contributed by atoms with Gasteiger partial charge < -0.3 is 59.4 Å². The molecule has 0 fully saturated rings. The van der Waals surface area contributed by atoms with E-state index >= 15 is 0 Å². The summed E-state index contributed by atoms with van der Waals surface area (Å²) in [5.74, 6) is 1.35. The predicted octanol–water partition coefficient (Wildman–Crippen LogP) is 8.71. The van der Waals surface area contributed by atoms with Gasteiger partial charge in [0.1, 0.15) is 40.8 Å². The molecule has 0 aliphatic carbocycles. The summed E-state index contributed by atoms with van der Waals surface area (Å²) in [6.07, 6.45) is 0.416. The van der Waals surface area contributed by atoms with Crippen LogP contribution in [-0.4, -0.2) is 156 Å². The van der Waals surface area contributed by atoms with E-state index < -0.39 is 47.7 Å². The maximum atomic E-state index is 13.4. The number of carbonyl (C=O) groups is 6. The highest BCUT2D eigenvalue weighted by atomic mass is 16.6. The number of fused-ring (bicyclic) bond motifs is 4. The Labute approximate surface area is 553 Å². The second-order valence-electron chi connectivity index (χ2n) is 26.3. The molecule has 11 rings (SSSR count). The number of amides is 6. The van der Waals surface area contributed by atoms with Gasteiger partial charge in [-0.1, -0.05) is 24.3 Å². The predicted molar refractivity (Wildman–Crippen MR) is 353 cm³/mol. The van der Waals surface area contributed by atoms with E-state index in [-0.39, 0.29) is 55.6 Å². The third-order valence-electron chi connectivity index (χ3n) is 17.3. The Hall–Kier alpha value is -9.93. The number of benzene rings is 6. The van der Waals surface area contributed by atoms with Crippen LogP contribution in [0.1, 0.15) is 133 Å². The summed E-state index contributed by atoms with van der Waals surface area (Å²) in [6, 6.07) is 36.3. The molecule has 0 saturated heterocycles. The van der Waals surface area contributed by atoms with Gasteiger partial charge in [-0.25, -0.2) is 9.59 Å². The Morgan fingerprint density at radius 2 is 0.937 bits per heavy atom. The molecule has 0 radical (unpaired) electrons. The number of aliphatic hydroxyl groups excluding tert-OH is 2. The zero-order valence-electron chi connectivity index (χ0n) is 55.2. The topological polar surface area (TPSA) is 264 Å². The Kier molecular flexibility index (Phi) is 20.8. The van der Waals surface area contributed by atoms with Crippen molar-refractivity contribution in [2.45, 2.75) is 136 Å². The number of nitrogens with one attached hydrogen (secondary N) is 2. The molecule has 0 spiro atoms. The molecule has 4 aliphatic rings. The van der Waals surface area contributed by atoms with Crippen LogP contribution in [-0.2, 0) is 75.0 Å². The highest BCUT2D eigenvalue weighted by molar-refractivity contribution is 5.97. The van der Waals surface area contributed by atoms with Crippen LogP contribution in [0.25, 0.3) is 0 Å². The highest BCUT2D eigenvalue weighted by Crippen LogP contribution is 2.33. The normalized spacial score (nSPS) is 16.4. The molecular weight excluding hydrogens is 1210 g/mol. The van der Waals surface area contributed by atoms with Gasteiger partial charge in [-0.15, -0.1) is 0 Å². The SMILES string of the molecule is COc1ccc(C(=O)N2CCc3cc(C(=O)NC[C@@H](O)[C@@H]4Cc5ccc(O)cc5CN4C(=O)OC(C)(C)C)ccc3C2)cc1.COc1ccc(C(=O)N2CCc3cc(C(=O)NC[C@@H](O)[C@@H]4Cc5ccc(OCc6ccnn6C)cc5CN4C(=O)OC(C)(C)C)ccc3C2)cc1. The molecule has 4 aliphatic heterocycles. The zero-order valence-corrected chi connectivity index (χ0v) is 55.2. The maximum Gasteiger partial charge on any atom is 0.410 e. The number of aliphatic hydroxyl groups is 2. The highest BCUT2D eigenvalue weighted by Gasteiger charge is 2.39. The third-order valence-corrected chi connectivity index (χ3v) is 17.3. The summed E-state index contributed by atoms with van der Waals surface area (Å²) in [5.41, 5.74) is 9.10. The lowest BCUT2D eigenvalue weighted by Crippen LogP contribution is -2.54. The first-order valence-corrected chi connectivity index (χ1v) is 31.8.